The number of carboxylic acid groups (broad SMARTS) is 1. The van der Waals surface area contributed by atoms with Crippen molar-refractivity contribution in [3.05, 3.63) is 53.6 Å². The van der Waals surface area contributed by atoms with E-state index in [0.717, 1.165) is 4.90 Å². The zero-order valence-corrected chi connectivity index (χ0v) is 16.2. The van der Waals surface area contributed by atoms with Crippen LogP contribution in [0.3, 0.4) is 0 Å². The van der Waals surface area contributed by atoms with Crippen molar-refractivity contribution in [3.63, 3.8) is 0 Å². The number of nitrogens with one attached hydrogen (secondary N) is 1. The van der Waals surface area contributed by atoms with Crippen LogP contribution in [0.5, 0.6) is 17.2 Å². The number of nitrogens with zero attached hydrogens (tertiary/aromatic N) is 1. The number of para-hydroxylation sites is 1. The molecule has 0 unspecified atom stereocenters. The molecule has 1 atom stereocenters. The van der Waals surface area contributed by atoms with Gasteiger partial charge in [-0.25, -0.2) is 14.5 Å². The van der Waals surface area contributed by atoms with Crippen LogP contribution in [-0.2, 0) is 14.4 Å². The average Bonchev–Trinajstić information content (AvgIpc) is 3.20. The van der Waals surface area contributed by atoms with Gasteiger partial charge in [-0.3, -0.25) is 14.9 Å². The summed E-state index contributed by atoms with van der Waals surface area (Å²) in [5.74, 6) is -1.91. The van der Waals surface area contributed by atoms with Gasteiger partial charge in [0.1, 0.15) is 11.3 Å². The smallest absolute Gasteiger partial charge is 0.344 e. The van der Waals surface area contributed by atoms with Crippen molar-refractivity contribution < 1.29 is 38.5 Å². The summed E-state index contributed by atoms with van der Waals surface area (Å²) < 4.78 is 15.9. The van der Waals surface area contributed by atoms with E-state index in [1.54, 1.807) is 24.3 Å². The molecule has 0 aliphatic carbocycles. The minimum absolute atomic E-state index is 0.0219. The van der Waals surface area contributed by atoms with Gasteiger partial charge in [0.05, 0.1) is 5.69 Å². The maximum atomic E-state index is 13.1. The Morgan fingerprint density at radius 1 is 1.16 bits per heavy atom. The van der Waals surface area contributed by atoms with E-state index in [-0.39, 0.29) is 23.8 Å². The number of carbonyl (C=O) groups is 4. The Morgan fingerprint density at radius 3 is 2.68 bits per heavy atom. The van der Waals surface area contributed by atoms with Crippen LogP contribution in [0, 0.1) is 0 Å². The molecule has 0 saturated carbocycles. The van der Waals surface area contributed by atoms with Crippen molar-refractivity contribution in [3.8, 4) is 17.2 Å². The van der Waals surface area contributed by atoms with Gasteiger partial charge in [0.25, 0.3) is 11.8 Å². The minimum Gasteiger partial charge on any atom is -0.479 e. The first kappa shape index (κ1) is 20.0. The van der Waals surface area contributed by atoms with Crippen LogP contribution >= 0.6 is 0 Å². The van der Waals surface area contributed by atoms with Crippen LogP contribution in [-0.4, -0.2) is 41.8 Å². The molecular formula is C21H16N2O8. The molecular weight excluding hydrogens is 408 g/mol. The first-order chi connectivity index (χ1) is 14.8. The fourth-order valence-electron chi connectivity index (χ4n) is 3.02. The third-order valence-corrected chi connectivity index (χ3v) is 4.59. The number of carboxylic acids is 1. The average molecular weight is 424 g/mol. The molecule has 4 rings (SSSR count). The van der Waals surface area contributed by atoms with E-state index in [9.17, 15) is 19.2 Å². The quantitative estimate of drug-likeness (QED) is 0.550. The Balaban J connectivity index is 1.70. The second-order valence-electron chi connectivity index (χ2n) is 6.63. The van der Waals surface area contributed by atoms with Crippen molar-refractivity contribution in [2.24, 2.45) is 0 Å². The molecule has 31 heavy (non-hydrogen) atoms. The van der Waals surface area contributed by atoms with Gasteiger partial charge in [-0.05, 0) is 31.2 Å². The van der Waals surface area contributed by atoms with Gasteiger partial charge in [-0.2, -0.15) is 0 Å². The standard InChI is InChI=1S/C21H16N2O8/c1-11(20(26)27)31-15-5-3-2-4-12(15)8-14-18(24)22-21(28)23(19(14)25)13-6-7-16-17(9-13)30-10-29-16/h2-9,11H,10H2,1H3,(H,26,27)(H,22,24,28)/b14-8+/t11-/m1/s1. The molecule has 1 saturated heterocycles. The number of hydrogen-bond donors (Lipinski definition) is 2. The number of carbonyl (C=O) groups excluding carboxylic acids is 3. The number of benzene rings is 2. The number of hydrogen-bond acceptors (Lipinski definition) is 7. The summed E-state index contributed by atoms with van der Waals surface area (Å²) in [6.45, 7) is 1.37. The lowest BCUT2D eigenvalue weighted by Crippen LogP contribution is -2.54. The van der Waals surface area contributed by atoms with E-state index in [2.05, 4.69) is 5.32 Å². The molecule has 158 valence electrons. The molecule has 2 aliphatic rings. The SMILES string of the molecule is C[C@@H](Oc1ccccc1/C=C1\C(=O)NC(=O)N(c2ccc3c(c2)OCO3)C1=O)C(=O)O. The van der Waals surface area contributed by atoms with Gasteiger partial charge in [0.2, 0.25) is 6.79 Å². The third kappa shape index (κ3) is 3.78. The number of aliphatic carboxylic acids is 1. The fraction of sp³-hybridized carbons (Fsp3) is 0.143. The first-order valence-corrected chi connectivity index (χ1v) is 9.15. The first-order valence-electron chi connectivity index (χ1n) is 9.15. The lowest BCUT2D eigenvalue weighted by molar-refractivity contribution is -0.144. The third-order valence-electron chi connectivity index (χ3n) is 4.59. The predicted molar refractivity (Wildman–Crippen MR) is 106 cm³/mol. The van der Waals surface area contributed by atoms with Gasteiger partial charge in [0.15, 0.2) is 17.6 Å². The van der Waals surface area contributed by atoms with Gasteiger partial charge >= 0.3 is 12.0 Å². The monoisotopic (exact) mass is 424 g/mol. The zero-order chi connectivity index (χ0) is 22.1. The summed E-state index contributed by atoms with van der Waals surface area (Å²) in [5.41, 5.74) is 0.166. The van der Waals surface area contributed by atoms with Gasteiger partial charge in [-0.15, -0.1) is 0 Å². The van der Waals surface area contributed by atoms with E-state index in [0.29, 0.717) is 17.1 Å². The predicted octanol–water partition coefficient (Wildman–Crippen LogP) is 1.93. The molecule has 1 fully saturated rings. The normalized spacial score (nSPS) is 17.5. The molecule has 2 aromatic carbocycles. The summed E-state index contributed by atoms with van der Waals surface area (Å²) in [6, 6.07) is 9.91. The van der Waals surface area contributed by atoms with Crippen molar-refractivity contribution in [2.45, 2.75) is 13.0 Å². The summed E-state index contributed by atoms with van der Waals surface area (Å²) >= 11 is 0. The Labute approximate surface area is 175 Å². The van der Waals surface area contributed by atoms with Crippen molar-refractivity contribution in [1.29, 1.82) is 0 Å². The van der Waals surface area contributed by atoms with E-state index in [4.69, 9.17) is 19.3 Å². The van der Waals surface area contributed by atoms with Crippen molar-refractivity contribution in [1.82, 2.24) is 5.32 Å². The minimum atomic E-state index is -1.17. The molecule has 2 N–H and O–H groups in total. The van der Waals surface area contributed by atoms with Crippen LogP contribution in [0.1, 0.15) is 12.5 Å². The second kappa shape index (κ2) is 7.82. The highest BCUT2D eigenvalue weighted by Crippen LogP contribution is 2.36. The van der Waals surface area contributed by atoms with E-state index in [1.165, 1.54) is 31.2 Å². The highest BCUT2D eigenvalue weighted by Gasteiger charge is 2.37. The second-order valence-corrected chi connectivity index (χ2v) is 6.63. The van der Waals surface area contributed by atoms with Gasteiger partial charge < -0.3 is 19.3 Å². The van der Waals surface area contributed by atoms with Crippen LogP contribution in [0.2, 0.25) is 0 Å². The van der Waals surface area contributed by atoms with Crippen LogP contribution in [0.4, 0.5) is 10.5 Å². The number of urea groups is 1. The number of anilines is 1. The molecule has 0 bridgehead atoms. The number of ether oxygens (including phenoxy) is 3. The maximum absolute atomic E-state index is 13.1. The number of barbiturate groups is 1. The molecule has 0 radical (unpaired) electrons. The lowest BCUT2D eigenvalue weighted by atomic mass is 10.1. The number of rotatable bonds is 5. The highest BCUT2D eigenvalue weighted by molar-refractivity contribution is 6.39. The summed E-state index contributed by atoms with van der Waals surface area (Å²) in [5, 5.41) is 11.2. The van der Waals surface area contributed by atoms with Gasteiger partial charge in [-0.1, -0.05) is 18.2 Å². The lowest BCUT2D eigenvalue weighted by Gasteiger charge is -2.26. The number of imide groups is 2. The molecule has 0 aromatic heterocycles. The molecule has 2 aliphatic heterocycles. The Kier molecular flexibility index (Phi) is 5.04. The summed E-state index contributed by atoms with van der Waals surface area (Å²) in [6.07, 6.45) is 0.0932. The molecule has 0 spiro atoms. The summed E-state index contributed by atoms with van der Waals surface area (Å²) in [4.78, 5) is 49.8. The van der Waals surface area contributed by atoms with Crippen LogP contribution in [0.25, 0.3) is 6.08 Å². The van der Waals surface area contributed by atoms with Crippen LogP contribution in [0.15, 0.2) is 48.0 Å². The largest absolute Gasteiger partial charge is 0.479 e. The van der Waals surface area contributed by atoms with Gasteiger partial charge in [0, 0.05) is 11.6 Å². The Morgan fingerprint density at radius 2 is 1.90 bits per heavy atom. The molecule has 2 aromatic rings. The number of fused-ring (bicyclic) bond motifs is 1. The van der Waals surface area contributed by atoms with Crippen molar-refractivity contribution >= 4 is 35.6 Å². The number of amides is 4. The maximum Gasteiger partial charge on any atom is 0.344 e. The molecule has 4 amide bonds. The van der Waals surface area contributed by atoms with E-state index >= 15 is 0 Å². The Hall–Kier alpha value is -4.34. The van der Waals surface area contributed by atoms with E-state index in [1.807, 2.05) is 0 Å². The summed E-state index contributed by atoms with van der Waals surface area (Å²) in [7, 11) is 0. The van der Waals surface area contributed by atoms with Crippen LogP contribution < -0.4 is 24.4 Å². The fourth-order valence-corrected chi connectivity index (χ4v) is 3.02. The highest BCUT2D eigenvalue weighted by atomic mass is 16.7. The van der Waals surface area contributed by atoms with E-state index < -0.39 is 29.9 Å². The molecule has 10 nitrogen and oxygen atoms in total. The molecule has 2 heterocycles. The van der Waals surface area contributed by atoms with Crippen molar-refractivity contribution in [2.75, 3.05) is 11.7 Å². The topological polar surface area (TPSA) is 131 Å². The Bertz CT molecular complexity index is 1140. The zero-order valence-electron chi connectivity index (χ0n) is 16.2. The molecule has 10 heteroatoms.